The summed E-state index contributed by atoms with van der Waals surface area (Å²) in [5.41, 5.74) is 1.05. The van der Waals surface area contributed by atoms with Gasteiger partial charge in [0.05, 0.1) is 11.9 Å². The predicted octanol–water partition coefficient (Wildman–Crippen LogP) is 2.72. The highest BCUT2D eigenvalue weighted by Gasteiger charge is 2.23. The van der Waals surface area contributed by atoms with Gasteiger partial charge in [-0.25, -0.2) is 8.42 Å². The summed E-state index contributed by atoms with van der Waals surface area (Å²) >= 11 is 6.05. The zero-order valence-corrected chi connectivity index (χ0v) is 15.0. The van der Waals surface area contributed by atoms with Gasteiger partial charge in [0.1, 0.15) is 6.54 Å². The normalized spacial score (nSPS) is 12.8. The lowest BCUT2D eigenvalue weighted by Gasteiger charge is -2.25. The van der Waals surface area contributed by atoms with E-state index in [0.29, 0.717) is 16.3 Å². The van der Waals surface area contributed by atoms with Crippen molar-refractivity contribution in [3.63, 3.8) is 0 Å². The van der Waals surface area contributed by atoms with E-state index >= 15 is 0 Å². The molecule has 1 rings (SSSR count). The van der Waals surface area contributed by atoms with Crippen LogP contribution in [0.4, 0.5) is 5.69 Å². The molecule has 0 bridgehead atoms. The molecule has 0 heterocycles. The first-order valence-corrected chi connectivity index (χ1v) is 9.41. The van der Waals surface area contributed by atoms with Crippen molar-refractivity contribution in [3.8, 4) is 0 Å². The Labute approximate surface area is 137 Å². The number of nitrogens with zero attached hydrogens (tertiary/aromatic N) is 1. The topological polar surface area (TPSA) is 66.5 Å². The number of carbonyl (C=O) groups is 1. The van der Waals surface area contributed by atoms with Crippen molar-refractivity contribution >= 4 is 33.2 Å². The number of hydrogen-bond donors (Lipinski definition) is 1. The molecule has 124 valence electrons. The van der Waals surface area contributed by atoms with Crippen LogP contribution in [0.5, 0.6) is 0 Å². The van der Waals surface area contributed by atoms with Gasteiger partial charge < -0.3 is 5.32 Å². The lowest BCUT2D eigenvalue weighted by molar-refractivity contribution is -0.120. The summed E-state index contributed by atoms with van der Waals surface area (Å²) in [4.78, 5) is 12.1. The van der Waals surface area contributed by atoms with E-state index < -0.39 is 10.0 Å². The van der Waals surface area contributed by atoms with Gasteiger partial charge in [-0.05, 0) is 38.0 Å². The average molecular weight is 347 g/mol. The fraction of sp³-hybridized carbons (Fsp3) is 0.533. The molecule has 0 aliphatic heterocycles. The SMILES string of the molecule is CCC[C@H](C)NC(=O)CN(c1cccc(Cl)c1C)S(C)(=O)=O. The molecule has 1 N–H and O–H groups in total. The van der Waals surface area contributed by atoms with E-state index in [1.807, 2.05) is 13.8 Å². The van der Waals surface area contributed by atoms with Crippen LogP contribution in [0.1, 0.15) is 32.3 Å². The Morgan fingerprint density at radius 2 is 2.05 bits per heavy atom. The molecule has 1 aromatic rings. The third-order valence-corrected chi connectivity index (χ3v) is 4.86. The third-order valence-electron chi connectivity index (χ3n) is 3.32. The third kappa shape index (κ3) is 5.18. The number of halogens is 1. The zero-order valence-electron chi connectivity index (χ0n) is 13.4. The first kappa shape index (κ1) is 18.8. The van der Waals surface area contributed by atoms with Gasteiger partial charge in [0, 0.05) is 11.1 Å². The molecule has 0 spiro atoms. The fourth-order valence-corrected chi connectivity index (χ4v) is 3.28. The first-order valence-electron chi connectivity index (χ1n) is 7.19. The van der Waals surface area contributed by atoms with Gasteiger partial charge in [0.15, 0.2) is 0 Å². The standard InChI is InChI=1S/C15H23ClN2O3S/c1-5-7-11(2)17-15(19)10-18(22(4,20)21)14-9-6-8-13(16)12(14)3/h6,8-9,11H,5,7,10H2,1-4H3,(H,17,19)/t11-/m0/s1. The van der Waals surface area contributed by atoms with Gasteiger partial charge in [-0.2, -0.15) is 0 Å². The highest BCUT2D eigenvalue weighted by Crippen LogP contribution is 2.27. The molecule has 0 aliphatic rings. The van der Waals surface area contributed by atoms with Crippen LogP contribution in [0.3, 0.4) is 0 Å². The summed E-state index contributed by atoms with van der Waals surface area (Å²) in [6.45, 7) is 5.40. The van der Waals surface area contributed by atoms with E-state index in [9.17, 15) is 13.2 Å². The van der Waals surface area contributed by atoms with E-state index in [0.717, 1.165) is 23.4 Å². The molecule has 0 radical (unpaired) electrons. The number of sulfonamides is 1. The molecule has 0 aliphatic carbocycles. The van der Waals surface area contributed by atoms with E-state index in [1.165, 1.54) is 0 Å². The molecule has 1 amide bonds. The highest BCUT2D eigenvalue weighted by molar-refractivity contribution is 7.92. The molecule has 0 unspecified atom stereocenters. The molecule has 5 nitrogen and oxygen atoms in total. The molecule has 7 heteroatoms. The molecular formula is C15H23ClN2O3S. The largest absolute Gasteiger partial charge is 0.352 e. The van der Waals surface area contributed by atoms with Crippen molar-refractivity contribution in [2.45, 2.75) is 39.7 Å². The smallest absolute Gasteiger partial charge is 0.240 e. The van der Waals surface area contributed by atoms with Crippen molar-refractivity contribution in [1.29, 1.82) is 0 Å². The quantitative estimate of drug-likeness (QED) is 0.825. The maximum atomic E-state index is 12.1. The van der Waals surface area contributed by atoms with Crippen molar-refractivity contribution in [3.05, 3.63) is 28.8 Å². The first-order chi connectivity index (χ1) is 10.2. The number of amides is 1. The van der Waals surface area contributed by atoms with Crippen LogP contribution in [0.25, 0.3) is 0 Å². The van der Waals surface area contributed by atoms with Crippen LogP contribution in [0.15, 0.2) is 18.2 Å². The molecule has 0 saturated heterocycles. The van der Waals surface area contributed by atoms with Crippen molar-refractivity contribution in [1.82, 2.24) is 5.32 Å². The van der Waals surface area contributed by atoms with Crippen LogP contribution in [0.2, 0.25) is 5.02 Å². The molecule has 1 atom stereocenters. The van der Waals surface area contributed by atoms with E-state index in [-0.39, 0.29) is 18.5 Å². The summed E-state index contributed by atoms with van der Waals surface area (Å²) in [6.07, 6.45) is 2.88. The minimum absolute atomic E-state index is 0.0133. The number of nitrogens with one attached hydrogen (secondary N) is 1. The summed E-state index contributed by atoms with van der Waals surface area (Å²) in [7, 11) is -3.59. The van der Waals surface area contributed by atoms with E-state index in [4.69, 9.17) is 11.6 Å². The highest BCUT2D eigenvalue weighted by atomic mass is 35.5. The Balaban J connectivity index is 3.01. The molecule has 0 fully saturated rings. The number of benzene rings is 1. The zero-order chi connectivity index (χ0) is 16.9. The molecule has 0 saturated carbocycles. The van der Waals surface area contributed by atoms with Crippen molar-refractivity contribution in [2.75, 3.05) is 17.1 Å². The summed E-state index contributed by atoms with van der Waals surface area (Å²) in [5.74, 6) is -0.328. The molecule has 22 heavy (non-hydrogen) atoms. The van der Waals surface area contributed by atoms with Gasteiger partial charge in [-0.1, -0.05) is 31.0 Å². The van der Waals surface area contributed by atoms with Crippen molar-refractivity contribution < 1.29 is 13.2 Å². The lowest BCUT2D eigenvalue weighted by atomic mass is 10.2. The lowest BCUT2D eigenvalue weighted by Crippen LogP contribution is -2.43. The van der Waals surface area contributed by atoms with E-state index in [2.05, 4.69) is 5.32 Å². The number of anilines is 1. The summed E-state index contributed by atoms with van der Waals surface area (Å²) in [6, 6.07) is 5.01. The Bertz CT molecular complexity index is 632. The maximum absolute atomic E-state index is 12.1. The van der Waals surface area contributed by atoms with Gasteiger partial charge in [0.25, 0.3) is 0 Å². The summed E-state index contributed by atoms with van der Waals surface area (Å²) < 4.78 is 25.2. The van der Waals surface area contributed by atoms with Crippen molar-refractivity contribution in [2.24, 2.45) is 0 Å². The molecule has 0 aromatic heterocycles. The minimum Gasteiger partial charge on any atom is -0.352 e. The van der Waals surface area contributed by atoms with Crippen LogP contribution in [-0.2, 0) is 14.8 Å². The Morgan fingerprint density at radius 1 is 1.41 bits per heavy atom. The van der Waals surface area contributed by atoms with Crippen LogP contribution < -0.4 is 9.62 Å². The second-order valence-corrected chi connectivity index (χ2v) is 7.72. The maximum Gasteiger partial charge on any atom is 0.240 e. The number of rotatable bonds is 7. The van der Waals surface area contributed by atoms with Gasteiger partial charge >= 0.3 is 0 Å². The average Bonchev–Trinajstić information content (AvgIpc) is 2.38. The van der Waals surface area contributed by atoms with Crippen LogP contribution >= 0.6 is 11.6 Å². The second-order valence-electron chi connectivity index (χ2n) is 5.41. The second kappa shape index (κ2) is 7.83. The molecule has 1 aromatic carbocycles. The predicted molar refractivity (Wildman–Crippen MR) is 90.9 cm³/mol. The fourth-order valence-electron chi connectivity index (χ4n) is 2.20. The Morgan fingerprint density at radius 3 is 2.59 bits per heavy atom. The van der Waals surface area contributed by atoms with E-state index in [1.54, 1.807) is 25.1 Å². The Kier molecular flexibility index (Phi) is 6.68. The van der Waals surface area contributed by atoms with Gasteiger partial charge in [-0.15, -0.1) is 0 Å². The van der Waals surface area contributed by atoms with Crippen LogP contribution in [0, 0.1) is 6.92 Å². The minimum atomic E-state index is -3.59. The number of hydrogen-bond acceptors (Lipinski definition) is 3. The summed E-state index contributed by atoms with van der Waals surface area (Å²) in [5, 5.41) is 3.27. The van der Waals surface area contributed by atoms with Gasteiger partial charge in [-0.3, -0.25) is 9.10 Å². The van der Waals surface area contributed by atoms with Crippen LogP contribution in [-0.4, -0.2) is 33.2 Å². The Hall–Kier alpha value is -1.27. The monoisotopic (exact) mass is 346 g/mol. The number of carbonyl (C=O) groups excluding carboxylic acids is 1. The molecular weight excluding hydrogens is 324 g/mol. The van der Waals surface area contributed by atoms with Gasteiger partial charge in [0.2, 0.25) is 15.9 Å².